The van der Waals surface area contributed by atoms with Gasteiger partial charge in [0.25, 0.3) is 0 Å². The minimum atomic E-state index is 0.153. The van der Waals surface area contributed by atoms with Crippen LogP contribution < -0.4 is 5.73 Å². The van der Waals surface area contributed by atoms with Crippen LogP contribution in [0.1, 0.15) is 24.9 Å². The van der Waals surface area contributed by atoms with Crippen molar-refractivity contribution in [1.82, 2.24) is 0 Å². The summed E-state index contributed by atoms with van der Waals surface area (Å²) in [7, 11) is 0. The van der Waals surface area contributed by atoms with Crippen LogP contribution in [-0.4, -0.2) is 0 Å². The summed E-state index contributed by atoms with van der Waals surface area (Å²) in [4.78, 5) is 0. The van der Waals surface area contributed by atoms with Crippen molar-refractivity contribution in [2.75, 3.05) is 0 Å². The smallest absolute Gasteiger partial charge is 0.0360 e. The van der Waals surface area contributed by atoms with Gasteiger partial charge in [-0.05, 0) is 38.9 Å². The fourth-order valence-electron chi connectivity index (χ4n) is 1.63. The summed E-state index contributed by atoms with van der Waals surface area (Å²) < 4.78 is 1.16. The Balaban J connectivity index is 2.30. The predicted molar refractivity (Wildman–Crippen MR) is 74.7 cm³/mol. The molecule has 1 atom stereocenters. The van der Waals surface area contributed by atoms with Crippen molar-refractivity contribution < 1.29 is 0 Å². The molecule has 16 heavy (non-hydrogen) atoms. The van der Waals surface area contributed by atoms with E-state index in [9.17, 15) is 0 Å². The van der Waals surface area contributed by atoms with Crippen LogP contribution in [0.5, 0.6) is 0 Å². The summed E-state index contributed by atoms with van der Waals surface area (Å²) in [6, 6.07) is 8.66. The van der Waals surface area contributed by atoms with E-state index in [1.807, 2.05) is 0 Å². The highest BCUT2D eigenvalue weighted by Gasteiger charge is 2.06. The molecule has 84 valence electrons. The quantitative estimate of drug-likeness (QED) is 0.881. The van der Waals surface area contributed by atoms with Gasteiger partial charge in [-0.25, -0.2) is 0 Å². The fraction of sp³-hybridized carbons (Fsp3) is 0.231. The van der Waals surface area contributed by atoms with E-state index in [4.69, 9.17) is 5.73 Å². The Kier molecular flexibility index (Phi) is 3.79. The summed E-state index contributed by atoms with van der Waals surface area (Å²) in [5, 5.41) is 4.25. The van der Waals surface area contributed by atoms with E-state index in [1.165, 1.54) is 16.7 Å². The summed E-state index contributed by atoms with van der Waals surface area (Å²) in [6.45, 7) is 2.11. The Morgan fingerprint density at radius 3 is 2.44 bits per heavy atom. The molecule has 1 heterocycles. The lowest BCUT2D eigenvalue weighted by molar-refractivity contribution is 0.699. The number of thiophene rings is 1. The second-order valence-electron chi connectivity index (χ2n) is 3.77. The van der Waals surface area contributed by atoms with Crippen LogP contribution in [0.25, 0.3) is 11.1 Å². The minimum Gasteiger partial charge on any atom is -0.324 e. The van der Waals surface area contributed by atoms with Gasteiger partial charge >= 0.3 is 0 Å². The van der Waals surface area contributed by atoms with E-state index >= 15 is 0 Å². The van der Waals surface area contributed by atoms with Crippen molar-refractivity contribution >= 4 is 27.3 Å². The number of halogens is 1. The van der Waals surface area contributed by atoms with E-state index in [0.29, 0.717) is 0 Å². The summed E-state index contributed by atoms with van der Waals surface area (Å²) in [5.74, 6) is 0. The molecular weight excluding hydrogens is 282 g/mol. The first-order chi connectivity index (χ1) is 7.72. The Morgan fingerprint density at radius 1 is 1.25 bits per heavy atom. The van der Waals surface area contributed by atoms with Gasteiger partial charge in [0.05, 0.1) is 0 Å². The van der Waals surface area contributed by atoms with Gasteiger partial charge in [-0.1, -0.05) is 31.2 Å². The Hall–Kier alpha value is -0.640. The van der Waals surface area contributed by atoms with E-state index < -0.39 is 0 Å². The largest absolute Gasteiger partial charge is 0.324 e. The maximum Gasteiger partial charge on any atom is 0.0360 e. The summed E-state index contributed by atoms with van der Waals surface area (Å²) >= 11 is 5.25. The molecule has 0 saturated heterocycles. The lowest BCUT2D eigenvalue weighted by Crippen LogP contribution is -2.07. The van der Waals surface area contributed by atoms with Gasteiger partial charge in [0.1, 0.15) is 0 Å². The molecular formula is C13H14BrNS. The highest BCUT2D eigenvalue weighted by atomic mass is 79.9. The Labute approximate surface area is 108 Å². The van der Waals surface area contributed by atoms with Gasteiger partial charge in [0.15, 0.2) is 0 Å². The average Bonchev–Trinajstić information content (AvgIpc) is 2.75. The molecule has 3 heteroatoms. The standard InChI is InChI=1S/C13H14BrNS/c1-2-13(15)10-5-3-9(4-6-10)11-7-16-8-12(11)14/h3-8,13H,2,15H2,1H3. The van der Waals surface area contributed by atoms with Crippen molar-refractivity contribution in [2.45, 2.75) is 19.4 Å². The van der Waals surface area contributed by atoms with E-state index in [2.05, 4.69) is 57.9 Å². The molecule has 0 aliphatic heterocycles. The summed E-state index contributed by atoms with van der Waals surface area (Å²) in [5.41, 5.74) is 9.68. The molecule has 0 fully saturated rings. The molecule has 2 rings (SSSR count). The van der Waals surface area contributed by atoms with Crippen LogP contribution in [0.15, 0.2) is 39.5 Å². The van der Waals surface area contributed by atoms with Gasteiger partial charge in [0, 0.05) is 21.5 Å². The monoisotopic (exact) mass is 295 g/mol. The predicted octanol–water partition coefficient (Wildman–Crippen LogP) is 4.59. The van der Waals surface area contributed by atoms with E-state index in [0.717, 1.165) is 10.9 Å². The maximum atomic E-state index is 5.99. The van der Waals surface area contributed by atoms with Crippen LogP contribution in [-0.2, 0) is 0 Å². The second-order valence-corrected chi connectivity index (χ2v) is 5.37. The van der Waals surface area contributed by atoms with Crippen LogP contribution in [0.4, 0.5) is 0 Å². The number of nitrogens with two attached hydrogens (primary N) is 1. The summed E-state index contributed by atoms with van der Waals surface area (Å²) in [6.07, 6.45) is 0.974. The Morgan fingerprint density at radius 2 is 1.94 bits per heavy atom. The first kappa shape index (κ1) is 11.8. The minimum absolute atomic E-state index is 0.153. The molecule has 2 aromatic rings. The lowest BCUT2D eigenvalue weighted by Gasteiger charge is -2.09. The molecule has 1 aromatic heterocycles. The molecule has 0 bridgehead atoms. The van der Waals surface area contributed by atoms with Gasteiger partial charge in [-0.2, -0.15) is 11.3 Å². The number of hydrogen-bond donors (Lipinski definition) is 1. The van der Waals surface area contributed by atoms with Gasteiger partial charge in [-0.3, -0.25) is 0 Å². The maximum absolute atomic E-state index is 5.99. The highest BCUT2D eigenvalue weighted by Crippen LogP contribution is 2.32. The topological polar surface area (TPSA) is 26.0 Å². The van der Waals surface area contributed by atoms with E-state index in [1.54, 1.807) is 11.3 Å². The zero-order valence-electron chi connectivity index (χ0n) is 9.11. The number of rotatable bonds is 3. The van der Waals surface area contributed by atoms with Gasteiger partial charge in [0.2, 0.25) is 0 Å². The van der Waals surface area contributed by atoms with Crippen molar-refractivity contribution in [3.8, 4) is 11.1 Å². The fourth-order valence-corrected chi connectivity index (χ4v) is 3.17. The molecule has 0 amide bonds. The third kappa shape index (κ3) is 2.37. The van der Waals surface area contributed by atoms with Crippen LogP contribution in [0, 0.1) is 0 Å². The first-order valence-corrected chi connectivity index (χ1v) is 7.03. The second kappa shape index (κ2) is 5.13. The van der Waals surface area contributed by atoms with Crippen LogP contribution in [0.3, 0.4) is 0 Å². The molecule has 2 N–H and O–H groups in total. The highest BCUT2D eigenvalue weighted by molar-refractivity contribution is 9.10. The number of hydrogen-bond acceptors (Lipinski definition) is 2. The third-order valence-electron chi connectivity index (χ3n) is 2.70. The van der Waals surface area contributed by atoms with Gasteiger partial charge in [-0.15, -0.1) is 0 Å². The number of benzene rings is 1. The molecule has 0 saturated carbocycles. The van der Waals surface area contributed by atoms with Crippen molar-refractivity contribution in [3.05, 3.63) is 45.1 Å². The molecule has 0 radical (unpaired) electrons. The molecule has 0 aliphatic rings. The van der Waals surface area contributed by atoms with Crippen molar-refractivity contribution in [2.24, 2.45) is 5.73 Å². The zero-order chi connectivity index (χ0) is 11.5. The average molecular weight is 296 g/mol. The van der Waals surface area contributed by atoms with Crippen LogP contribution in [0.2, 0.25) is 0 Å². The van der Waals surface area contributed by atoms with E-state index in [-0.39, 0.29) is 6.04 Å². The molecule has 1 aromatic carbocycles. The SMILES string of the molecule is CCC(N)c1ccc(-c2cscc2Br)cc1. The lowest BCUT2D eigenvalue weighted by atomic mass is 10.0. The normalized spacial score (nSPS) is 12.7. The van der Waals surface area contributed by atoms with Crippen LogP contribution >= 0.6 is 27.3 Å². The molecule has 0 spiro atoms. The van der Waals surface area contributed by atoms with Crippen molar-refractivity contribution in [3.63, 3.8) is 0 Å². The zero-order valence-corrected chi connectivity index (χ0v) is 11.5. The van der Waals surface area contributed by atoms with Crippen molar-refractivity contribution in [1.29, 1.82) is 0 Å². The molecule has 0 aliphatic carbocycles. The third-order valence-corrected chi connectivity index (χ3v) is 4.41. The molecule has 1 unspecified atom stereocenters. The first-order valence-electron chi connectivity index (χ1n) is 5.30. The Bertz CT molecular complexity index is 461. The van der Waals surface area contributed by atoms with Gasteiger partial charge < -0.3 is 5.73 Å². The molecule has 1 nitrogen and oxygen atoms in total.